The number of ether oxygens (including phenoxy) is 1. The molecule has 3 heteroatoms. The monoisotopic (exact) mass is 271 g/mol. The molecule has 0 saturated carbocycles. The summed E-state index contributed by atoms with van der Waals surface area (Å²) in [5.41, 5.74) is 1.98. The van der Waals surface area contributed by atoms with E-state index in [0.717, 1.165) is 12.2 Å². The van der Waals surface area contributed by atoms with Crippen molar-refractivity contribution in [3.05, 3.63) is 53.9 Å². The van der Waals surface area contributed by atoms with E-state index in [-0.39, 0.29) is 0 Å². The lowest BCUT2D eigenvalue weighted by molar-refractivity contribution is 0.194. The van der Waals surface area contributed by atoms with Gasteiger partial charge in [0.05, 0.1) is 18.0 Å². The van der Waals surface area contributed by atoms with Crippen LogP contribution >= 0.6 is 0 Å². The van der Waals surface area contributed by atoms with Crippen LogP contribution in [-0.2, 0) is 6.42 Å². The molecule has 1 aromatic heterocycles. The van der Waals surface area contributed by atoms with Crippen LogP contribution in [0.25, 0.3) is 0 Å². The molecule has 0 aliphatic rings. The minimum absolute atomic E-state index is 0.554. The summed E-state index contributed by atoms with van der Waals surface area (Å²) in [5.74, 6) is 1.48. The van der Waals surface area contributed by atoms with Crippen molar-refractivity contribution < 1.29 is 9.84 Å². The number of hydrogen-bond donors (Lipinski definition) is 1. The molecule has 0 unspecified atom stereocenters. The smallest absolute Gasteiger partial charge is 0.145 e. The van der Waals surface area contributed by atoms with Gasteiger partial charge in [-0.2, -0.15) is 0 Å². The summed E-state index contributed by atoms with van der Waals surface area (Å²) in [5, 5.41) is 9.40. The van der Waals surface area contributed by atoms with Gasteiger partial charge in [-0.25, -0.2) is 0 Å². The summed E-state index contributed by atoms with van der Waals surface area (Å²) in [6, 6.07) is 11.8. The van der Waals surface area contributed by atoms with Gasteiger partial charge in [0, 0.05) is 0 Å². The van der Waals surface area contributed by atoms with Gasteiger partial charge in [-0.3, -0.25) is 4.98 Å². The van der Waals surface area contributed by atoms with Gasteiger partial charge >= 0.3 is 0 Å². The topological polar surface area (TPSA) is 42.4 Å². The zero-order chi connectivity index (χ0) is 14.4. The van der Waals surface area contributed by atoms with Crippen LogP contribution in [-0.4, -0.2) is 10.1 Å². The maximum Gasteiger partial charge on any atom is 0.145 e. The normalized spacial score (nSPS) is 12.2. The second-order valence-corrected chi connectivity index (χ2v) is 4.94. The van der Waals surface area contributed by atoms with Crippen LogP contribution in [0.1, 0.15) is 44.1 Å². The van der Waals surface area contributed by atoms with Crippen LogP contribution in [0.2, 0.25) is 0 Å². The maximum absolute atomic E-state index is 9.40. The molecule has 0 bridgehead atoms. The number of rotatable bonds is 6. The van der Waals surface area contributed by atoms with E-state index < -0.39 is 6.10 Å². The molecule has 1 atom stereocenters. The molecule has 0 aliphatic carbocycles. The molecule has 0 spiro atoms. The van der Waals surface area contributed by atoms with Gasteiger partial charge in [0.15, 0.2) is 0 Å². The average molecular weight is 271 g/mol. The number of aliphatic hydroxyl groups excluding tert-OH is 1. The predicted molar refractivity (Wildman–Crippen MR) is 80.0 cm³/mol. The molecule has 0 saturated heterocycles. The first-order valence-electron chi connectivity index (χ1n) is 7.10. The molecule has 0 aliphatic heterocycles. The maximum atomic E-state index is 9.40. The molecule has 1 N–H and O–H groups in total. The van der Waals surface area contributed by atoms with Crippen molar-refractivity contribution in [1.82, 2.24) is 4.98 Å². The lowest BCUT2D eigenvalue weighted by atomic mass is 10.1. The number of aliphatic hydroxyl groups is 1. The Morgan fingerprint density at radius 2 is 1.80 bits per heavy atom. The third kappa shape index (κ3) is 4.07. The second kappa shape index (κ2) is 7.06. The number of benzene rings is 1. The highest BCUT2D eigenvalue weighted by Crippen LogP contribution is 2.22. The van der Waals surface area contributed by atoms with E-state index in [1.807, 2.05) is 18.2 Å². The Balaban J connectivity index is 1.98. The Morgan fingerprint density at radius 1 is 1.10 bits per heavy atom. The molecule has 20 heavy (non-hydrogen) atoms. The van der Waals surface area contributed by atoms with Crippen LogP contribution in [0.5, 0.6) is 11.5 Å². The molecule has 2 aromatic rings. The van der Waals surface area contributed by atoms with Crippen LogP contribution in [0.4, 0.5) is 0 Å². The van der Waals surface area contributed by atoms with E-state index in [1.54, 1.807) is 19.2 Å². The van der Waals surface area contributed by atoms with Crippen LogP contribution in [0.15, 0.2) is 42.6 Å². The summed E-state index contributed by atoms with van der Waals surface area (Å²) in [4.78, 5) is 4.16. The van der Waals surface area contributed by atoms with E-state index in [2.05, 4.69) is 24.0 Å². The first-order valence-corrected chi connectivity index (χ1v) is 7.10. The lowest BCUT2D eigenvalue weighted by Gasteiger charge is -2.08. The highest BCUT2D eigenvalue weighted by molar-refractivity contribution is 5.32. The van der Waals surface area contributed by atoms with Gasteiger partial charge in [-0.15, -0.1) is 0 Å². The van der Waals surface area contributed by atoms with Gasteiger partial charge in [0.1, 0.15) is 11.5 Å². The number of pyridine rings is 1. The van der Waals surface area contributed by atoms with Crippen molar-refractivity contribution in [2.45, 2.75) is 39.2 Å². The Kier molecular flexibility index (Phi) is 5.13. The van der Waals surface area contributed by atoms with Crippen LogP contribution in [0.3, 0.4) is 0 Å². The third-order valence-corrected chi connectivity index (χ3v) is 3.17. The number of aryl methyl sites for hydroxylation is 1. The molecule has 2 rings (SSSR count). The van der Waals surface area contributed by atoms with Gasteiger partial charge in [-0.1, -0.05) is 25.5 Å². The zero-order valence-corrected chi connectivity index (χ0v) is 12.0. The van der Waals surface area contributed by atoms with Crippen molar-refractivity contribution in [1.29, 1.82) is 0 Å². The Labute approximate surface area is 120 Å². The molecule has 0 fully saturated rings. The molecular formula is C17H21NO2. The lowest BCUT2D eigenvalue weighted by Crippen LogP contribution is -1.95. The zero-order valence-electron chi connectivity index (χ0n) is 12.0. The Bertz CT molecular complexity index is 518. The fraction of sp³-hybridized carbons (Fsp3) is 0.353. The van der Waals surface area contributed by atoms with Crippen molar-refractivity contribution in [2.75, 3.05) is 0 Å². The summed E-state index contributed by atoms with van der Waals surface area (Å²) in [6.07, 6.45) is 4.61. The van der Waals surface area contributed by atoms with Gasteiger partial charge in [0.25, 0.3) is 0 Å². The Morgan fingerprint density at radius 3 is 2.35 bits per heavy atom. The van der Waals surface area contributed by atoms with Gasteiger partial charge < -0.3 is 9.84 Å². The quantitative estimate of drug-likeness (QED) is 0.853. The highest BCUT2D eigenvalue weighted by atomic mass is 16.5. The highest BCUT2D eigenvalue weighted by Gasteiger charge is 2.03. The molecule has 106 valence electrons. The summed E-state index contributed by atoms with van der Waals surface area (Å²) < 4.78 is 5.73. The van der Waals surface area contributed by atoms with Crippen molar-refractivity contribution in [3.63, 3.8) is 0 Å². The molecule has 3 nitrogen and oxygen atoms in total. The van der Waals surface area contributed by atoms with E-state index in [4.69, 9.17) is 4.74 Å². The number of nitrogens with zero attached hydrogens (tertiary/aromatic N) is 1. The van der Waals surface area contributed by atoms with E-state index >= 15 is 0 Å². The molecule has 0 amide bonds. The first-order chi connectivity index (χ1) is 9.69. The Hall–Kier alpha value is -1.87. The average Bonchev–Trinajstić information content (AvgIpc) is 2.47. The number of aromatic nitrogens is 1. The van der Waals surface area contributed by atoms with E-state index in [1.165, 1.54) is 18.4 Å². The first kappa shape index (κ1) is 14.5. The number of unbranched alkanes of at least 4 members (excludes halogenated alkanes) is 1. The van der Waals surface area contributed by atoms with Crippen LogP contribution < -0.4 is 4.74 Å². The summed E-state index contributed by atoms with van der Waals surface area (Å²) in [6.45, 7) is 3.89. The van der Waals surface area contributed by atoms with Crippen molar-refractivity contribution in [3.8, 4) is 11.5 Å². The second-order valence-electron chi connectivity index (χ2n) is 4.94. The summed E-state index contributed by atoms with van der Waals surface area (Å²) in [7, 11) is 0. The fourth-order valence-electron chi connectivity index (χ4n) is 1.94. The minimum atomic E-state index is -0.554. The predicted octanol–water partition coefficient (Wildman–Crippen LogP) is 4.27. The summed E-state index contributed by atoms with van der Waals surface area (Å²) >= 11 is 0. The molecule has 1 heterocycles. The van der Waals surface area contributed by atoms with Crippen LogP contribution in [0, 0.1) is 0 Å². The third-order valence-electron chi connectivity index (χ3n) is 3.17. The van der Waals surface area contributed by atoms with E-state index in [0.29, 0.717) is 11.4 Å². The standard InChI is InChI=1S/C17H21NO2/c1-3-4-5-14-6-8-15(9-7-14)20-16-10-11-17(13(2)19)18-12-16/h6-13,19H,3-5H2,1-2H3/t13-/m0/s1. The van der Waals surface area contributed by atoms with E-state index in [9.17, 15) is 5.11 Å². The van der Waals surface area contributed by atoms with Gasteiger partial charge in [0.2, 0.25) is 0 Å². The largest absolute Gasteiger partial charge is 0.456 e. The van der Waals surface area contributed by atoms with Gasteiger partial charge in [-0.05, 0) is 49.6 Å². The molecular weight excluding hydrogens is 250 g/mol. The molecule has 1 aromatic carbocycles. The van der Waals surface area contributed by atoms with Crippen molar-refractivity contribution in [2.24, 2.45) is 0 Å². The number of hydrogen-bond acceptors (Lipinski definition) is 3. The SMILES string of the molecule is CCCCc1ccc(Oc2ccc([C@H](C)O)nc2)cc1. The molecule has 0 radical (unpaired) electrons. The van der Waals surface area contributed by atoms with Crippen molar-refractivity contribution >= 4 is 0 Å². The minimum Gasteiger partial charge on any atom is -0.456 e. The fourth-order valence-corrected chi connectivity index (χ4v) is 1.94.